The van der Waals surface area contributed by atoms with E-state index in [4.69, 9.17) is 5.73 Å². The van der Waals surface area contributed by atoms with Crippen molar-refractivity contribution in [2.24, 2.45) is 10.7 Å². The van der Waals surface area contributed by atoms with Crippen LogP contribution in [-0.2, 0) is 6.54 Å². The van der Waals surface area contributed by atoms with Crippen molar-refractivity contribution < 1.29 is 5.11 Å². The zero-order valence-corrected chi connectivity index (χ0v) is 11.9. The molecule has 98 valence electrons. The third kappa shape index (κ3) is 3.38. The van der Waals surface area contributed by atoms with E-state index in [0.29, 0.717) is 17.0 Å². The molecule has 0 aliphatic carbocycles. The Morgan fingerprint density at radius 1 is 1.33 bits per heavy atom. The number of hydrogen-bond acceptors (Lipinski definition) is 2. The summed E-state index contributed by atoms with van der Waals surface area (Å²) < 4.78 is 0.687. The van der Waals surface area contributed by atoms with Crippen LogP contribution in [-0.4, -0.2) is 29.1 Å². The quantitative estimate of drug-likeness (QED) is 0.651. The van der Waals surface area contributed by atoms with Gasteiger partial charge in [-0.25, -0.2) is 4.99 Å². The van der Waals surface area contributed by atoms with Crippen molar-refractivity contribution >= 4 is 21.9 Å². The van der Waals surface area contributed by atoms with Gasteiger partial charge in [-0.1, -0.05) is 6.07 Å². The molecule has 1 aromatic carbocycles. The van der Waals surface area contributed by atoms with Gasteiger partial charge in [0.25, 0.3) is 0 Å². The van der Waals surface area contributed by atoms with Crippen molar-refractivity contribution in [1.29, 1.82) is 0 Å². The number of nitrogens with two attached hydrogens (primary N) is 1. The van der Waals surface area contributed by atoms with E-state index in [0.717, 1.165) is 18.7 Å². The first kappa shape index (κ1) is 13.2. The smallest absolute Gasteiger partial charge is 0.191 e. The summed E-state index contributed by atoms with van der Waals surface area (Å²) in [7, 11) is 0. The lowest BCUT2D eigenvalue weighted by molar-refractivity contribution is 0.338. The molecule has 1 aliphatic rings. The van der Waals surface area contributed by atoms with Crippen LogP contribution < -0.4 is 5.73 Å². The second-order valence-electron chi connectivity index (χ2n) is 4.51. The Hall–Kier alpha value is -1.23. The molecular weight excluding hydrogens is 294 g/mol. The van der Waals surface area contributed by atoms with Gasteiger partial charge in [0.05, 0.1) is 11.0 Å². The molecule has 18 heavy (non-hydrogen) atoms. The minimum absolute atomic E-state index is 0.242. The molecule has 1 saturated heterocycles. The van der Waals surface area contributed by atoms with Gasteiger partial charge in [0.2, 0.25) is 0 Å². The first-order chi connectivity index (χ1) is 8.66. The molecule has 0 aromatic heterocycles. The highest BCUT2D eigenvalue weighted by Gasteiger charge is 2.11. The van der Waals surface area contributed by atoms with Crippen LogP contribution in [0.5, 0.6) is 5.75 Å². The van der Waals surface area contributed by atoms with Crippen LogP contribution in [0, 0.1) is 0 Å². The number of halogens is 1. The van der Waals surface area contributed by atoms with Gasteiger partial charge in [-0.05, 0) is 52.9 Å². The van der Waals surface area contributed by atoms with Gasteiger partial charge in [-0.15, -0.1) is 0 Å². The van der Waals surface area contributed by atoms with Crippen LogP contribution in [0.2, 0.25) is 0 Å². The average Bonchev–Trinajstić information content (AvgIpc) is 2.41. The van der Waals surface area contributed by atoms with E-state index in [9.17, 15) is 5.11 Å². The first-order valence-electron chi connectivity index (χ1n) is 6.19. The zero-order chi connectivity index (χ0) is 13.0. The van der Waals surface area contributed by atoms with Gasteiger partial charge in [0.15, 0.2) is 5.96 Å². The number of nitrogens with zero attached hydrogens (tertiary/aromatic N) is 2. The molecule has 0 spiro atoms. The van der Waals surface area contributed by atoms with Gasteiger partial charge in [-0.2, -0.15) is 0 Å². The summed E-state index contributed by atoms with van der Waals surface area (Å²) in [5.41, 5.74) is 7.01. The molecule has 4 nitrogen and oxygen atoms in total. The Balaban J connectivity index is 1.98. The zero-order valence-electron chi connectivity index (χ0n) is 10.3. The lowest BCUT2D eigenvalue weighted by Crippen LogP contribution is -2.40. The van der Waals surface area contributed by atoms with E-state index in [1.54, 1.807) is 6.07 Å². The summed E-state index contributed by atoms with van der Waals surface area (Å²) >= 11 is 3.29. The summed E-state index contributed by atoms with van der Waals surface area (Å²) in [5, 5.41) is 9.41. The predicted molar refractivity (Wildman–Crippen MR) is 76.6 cm³/mol. The fraction of sp³-hybridized carbons (Fsp3) is 0.462. The average molecular weight is 312 g/mol. The number of aliphatic imine (C=N–C) groups is 1. The monoisotopic (exact) mass is 311 g/mol. The van der Waals surface area contributed by atoms with Crippen molar-refractivity contribution in [2.45, 2.75) is 25.8 Å². The number of piperidine rings is 1. The standard InChI is InChI=1S/C13H18BrN3O/c14-11-8-10(4-5-12(11)18)9-16-13(15)17-6-2-1-3-7-17/h4-5,8,18H,1-3,6-7,9H2,(H2,15,16). The maximum Gasteiger partial charge on any atom is 0.191 e. The Morgan fingerprint density at radius 2 is 2.06 bits per heavy atom. The van der Waals surface area contributed by atoms with Crippen molar-refractivity contribution in [3.05, 3.63) is 28.2 Å². The molecule has 0 amide bonds. The molecule has 0 atom stereocenters. The van der Waals surface area contributed by atoms with E-state index >= 15 is 0 Å². The minimum atomic E-state index is 0.242. The van der Waals surface area contributed by atoms with E-state index < -0.39 is 0 Å². The first-order valence-corrected chi connectivity index (χ1v) is 6.98. The van der Waals surface area contributed by atoms with Crippen LogP contribution >= 0.6 is 15.9 Å². The highest BCUT2D eigenvalue weighted by atomic mass is 79.9. The molecule has 1 heterocycles. The van der Waals surface area contributed by atoms with E-state index in [1.165, 1.54) is 19.3 Å². The number of aromatic hydroxyl groups is 1. The maximum atomic E-state index is 9.41. The van der Waals surface area contributed by atoms with E-state index in [1.807, 2.05) is 12.1 Å². The second kappa shape index (κ2) is 6.09. The number of phenols is 1. The molecule has 1 aliphatic heterocycles. The van der Waals surface area contributed by atoms with E-state index in [-0.39, 0.29) is 5.75 Å². The highest BCUT2D eigenvalue weighted by Crippen LogP contribution is 2.24. The third-order valence-corrected chi connectivity index (χ3v) is 3.75. The number of guanidine groups is 1. The molecule has 0 bridgehead atoms. The minimum Gasteiger partial charge on any atom is -0.507 e. The van der Waals surface area contributed by atoms with Gasteiger partial charge in [0, 0.05) is 13.1 Å². The predicted octanol–water partition coefficient (Wildman–Crippen LogP) is 2.46. The third-order valence-electron chi connectivity index (χ3n) is 3.12. The van der Waals surface area contributed by atoms with Crippen LogP contribution in [0.3, 0.4) is 0 Å². The molecule has 3 N–H and O–H groups in total. The van der Waals surface area contributed by atoms with Gasteiger partial charge in [-0.3, -0.25) is 0 Å². The summed E-state index contributed by atoms with van der Waals surface area (Å²) in [6.07, 6.45) is 3.68. The summed E-state index contributed by atoms with van der Waals surface area (Å²) in [6, 6.07) is 5.38. The van der Waals surface area contributed by atoms with Crippen molar-refractivity contribution in [2.75, 3.05) is 13.1 Å². The Labute approximate surface area is 116 Å². The molecule has 2 rings (SSSR count). The Morgan fingerprint density at radius 3 is 2.72 bits per heavy atom. The molecule has 0 saturated carbocycles. The fourth-order valence-electron chi connectivity index (χ4n) is 2.04. The SMILES string of the molecule is NC(=NCc1ccc(O)c(Br)c1)N1CCCCC1. The molecule has 5 heteroatoms. The van der Waals surface area contributed by atoms with Crippen molar-refractivity contribution in [1.82, 2.24) is 4.90 Å². The summed E-state index contributed by atoms with van der Waals surface area (Å²) in [4.78, 5) is 6.54. The highest BCUT2D eigenvalue weighted by molar-refractivity contribution is 9.10. The molecule has 0 unspecified atom stereocenters. The van der Waals surface area contributed by atoms with Crippen LogP contribution in [0.15, 0.2) is 27.7 Å². The van der Waals surface area contributed by atoms with Crippen LogP contribution in [0.4, 0.5) is 0 Å². The number of benzene rings is 1. The van der Waals surface area contributed by atoms with E-state index in [2.05, 4.69) is 25.8 Å². The summed E-state index contributed by atoms with van der Waals surface area (Å²) in [5.74, 6) is 0.866. The van der Waals surface area contributed by atoms with Gasteiger partial charge < -0.3 is 15.7 Å². The Kier molecular flexibility index (Phi) is 4.47. The largest absolute Gasteiger partial charge is 0.507 e. The molecule has 1 aromatic rings. The number of phenolic OH excluding ortho intramolecular Hbond substituents is 1. The topological polar surface area (TPSA) is 61.9 Å². The molecular formula is C13H18BrN3O. The number of hydrogen-bond donors (Lipinski definition) is 2. The molecule has 0 radical (unpaired) electrons. The number of rotatable bonds is 2. The van der Waals surface area contributed by atoms with Crippen molar-refractivity contribution in [3.8, 4) is 5.75 Å². The van der Waals surface area contributed by atoms with Gasteiger partial charge in [0.1, 0.15) is 5.75 Å². The van der Waals surface area contributed by atoms with Crippen LogP contribution in [0.25, 0.3) is 0 Å². The van der Waals surface area contributed by atoms with Crippen molar-refractivity contribution in [3.63, 3.8) is 0 Å². The molecule has 1 fully saturated rings. The lowest BCUT2D eigenvalue weighted by atomic mass is 10.1. The number of likely N-dealkylation sites (tertiary alicyclic amines) is 1. The maximum absolute atomic E-state index is 9.41. The lowest BCUT2D eigenvalue weighted by Gasteiger charge is -2.27. The Bertz CT molecular complexity index is 442. The fourth-order valence-corrected chi connectivity index (χ4v) is 2.47. The second-order valence-corrected chi connectivity index (χ2v) is 5.36. The van der Waals surface area contributed by atoms with Gasteiger partial charge >= 0.3 is 0 Å². The normalized spacial score (nSPS) is 16.9. The van der Waals surface area contributed by atoms with Crippen LogP contribution in [0.1, 0.15) is 24.8 Å². The summed E-state index contributed by atoms with van der Waals surface area (Å²) in [6.45, 7) is 2.56.